The summed E-state index contributed by atoms with van der Waals surface area (Å²) in [5.41, 5.74) is 4.99. The van der Waals surface area contributed by atoms with Crippen molar-refractivity contribution in [2.24, 2.45) is 5.92 Å². The first kappa shape index (κ1) is 24.8. The fourth-order valence-corrected chi connectivity index (χ4v) is 4.58. The summed E-state index contributed by atoms with van der Waals surface area (Å²) < 4.78 is 0. The third kappa shape index (κ3) is 6.47. The van der Waals surface area contributed by atoms with Crippen molar-refractivity contribution in [1.82, 2.24) is 24.8 Å². The monoisotopic (exact) mass is 495 g/mol. The number of aryl methyl sites for hydroxylation is 1. The van der Waals surface area contributed by atoms with Crippen LogP contribution in [0.3, 0.4) is 0 Å². The van der Waals surface area contributed by atoms with Crippen LogP contribution in [0, 0.1) is 12.8 Å². The average Bonchev–Trinajstić information content (AvgIpc) is 2.93. The van der Waals surface area contributed by atoms with Crippen LogP contribution >= 0.6 is 0 Å². The Hall–Kier alpha value is -3.88. The molecule has 1 aromatic carbocycles. The SMILES string of the molecule is Cc1ccc(NC(=O)C2=CCC(CN3CCN(C)CC3)C=C2)cc1Nc1nccc(-c2cccnc2)n1. The van der Waals surface area contributed by atoms with Gasteiger partial charge in [-0.05, 0) is 62.2 Å². The van der Waals surface area contributed by atoms with E-state index in [1.54, 1.807) is 18.6 Å². The first-order chi connectivity index (χ1) is 18.0. The zero-order chi connectivity index (χ0) is 25.6. The number of rotatable bonds is 7. The van der Waals surface area contributed by atoms with Gasteiger partial charge in [0.15, 0.2) is 0 Å². The van der Waals surface area contributed by atoms with E-state index in [4.69, 9.17) is 0 Å². The highest BCUT2D eigenvalue weighted by Crippen LogP contribution is 2.25. The van der Waals surface area contributed by atoms with Gasteiger partial charge in [-0.15, -0.1) is 0 Å². The van der Waals surface area contributed by atoms with Gasteiger partial charge in [-0.2, -0.15) is 0 Å². The molecule has 2 N–H and O–H groups in total. The van der Waals surface area contributed by atoms with Crippen molar-refractivity contribution in [3.05, 3.63) is 84.4 Å². The van der Waals surface area contributed by atoms with Gasteiger partial charge in [0.05, 0.1) is 5.69 Å². The molecular weight excluding hydrogens is 462 g/mol. The lowest BCUT2D eigenvalue weighted by Gasteiger charge is -2.34. The number of aromatic nitrogens is 3. The first-order valence-corrected chi connectivity index (χ1v) is 12.8. The third-order valence-electron chi connectivity index (χ3n) is 6.89. The molecule has 8 nitrogen and oxygen atoms in total. The molecule has 2 aliphatic rings. The second kappa shape index (κ2) is 11.5. The maximum Gasteiger partial charge on any atom is 0.255 e. The fourth-order valence-electron chi connectivity index (χ4n) is 4.58. The Morgan fingerprint density at radius 1 is 1.11 bits per heavy atom. The second-order valence-corrected chi connectivity index (χ2v) is 9.73. The van der Waals surface area contributed by atoms with Crippen LogP contribution < -0.4 is 10.6 Å². The van der Waals surface area contributed by atoms with E-state index in [-0.39, 0.29) is 5.91 Å². The van der Waals surface area contributed by atoms with Gasteiger partial charge >= 0.3 is 0 Å². The number of nitrogens with one attached hydrogen (secondary N) is 2. The number of pyridine rings is 1. The molecular formula is C29H33N7O. The van der Waals surface area contributed by atoms with Crippen LogP contribution in [0.25, 0.3) is 11.3 Å². The molecule has 37 heavy (non-hydrogen) atoms. The Kier molecular flexibility index (Phi) is 7.67. The van der Waals surface area contributed by atoms with E-state index in [0.29, 0.717) is 17.4 Å². The number of likely N-dealkylation sites (N-methyl/N-ethyl adjacent to an activating group) is 1. The Balaban J connectivity index is 1.20. The summed E-state index contributed by atoms with van der Waals surface area (Å²) in [7, 11) is 2.17. The van der Waals surface area contributed by atoms with Crippen LogP contribution in [0.15, 0.2) is 78.8 Å². The van der Waals surface area contributed by atoms with E-state index in [1.807, 2.05) is 49.4 Å². The largest absolute Gasteiger partial charge is 0.324 e. The summed E-state index contributed by atoms with van der Waals surface area (Å²) in [6.07, 6.45) is 12.3. The molecule has 0 saturated carbocycles. The zero-order valence-electron chi connectivity index (χ0n) is 21.4. The van der Waals surface area contributed by atoms with Crippen molar-refractivity contribution < 1.29 is 4.79 Å². The minimum absolute atomic E-state index is 0.0982. The molecule has 0 bridgehead atoms. The van der Waals surface area contributed by atoms with Crippen molar-refractivity contribution in [3.8, 4) is 11.3 Å². The number of anilines is 3. The summed E-state index contributed by atoms with van der Waals surface area (Å²) in [6, 6.07) is 11.5. The molecule has 1 fully saturated rings. The molecule has 1 saturated heterocycles. The van der Waals surface area contributed by atoms with E-state index < -0.39 is 0 Å². The maximum absolute atomic E-state index is 13.0. The number of carbonyl (C=O) groups is 1. The first-order valence-electron chi connectivity index (χ1n) is 12.8. The van der Waals surface area contributed by atoms with Gasteiger partial charge in [0.1, 0.15) is 0 Å². The normalized spacial score (nSPS) is 18.3. The van der Waals surface area contributed by atoms with Gasteiger partial charge < -0.3 is 20.4 Å². The van der Waals surface area contributed by atoms with Crippen molar-refractivity contribution >= 4 is 23.2 Å². The molecule has 1 unspecified atom stereocenters. The number of benzene rings is 1. The molecule has 0 radical (unpaired) electrons. The van der Waals surface area contributed by atoms with Crippen LogP contribution in [-0.2, 0) is 4.79 Å². The van der Waals surface area contributed by atoms with Gasteiger partial charge in [0, 0.05) is 73.8 Å². The predicted octanol–water partition coefficient (Wildman–Crippen LogP) is 4.28. The van der Waals surface area contributed by atoms with Crippen LogP contribution in [0.4, 0.5) is 17.3 Å². The number of carbonyl (C=O) groups excluding carboxylic acids is 1. The van der Waals surface area contributed by atoms with Crippen molar-refractivity contribution in [2.45, 2.75) is 13.3 Å². The molecule has 0 spiro atoms. The summed E-state index contributed by atoms with van der Waals surface area (Å²) in [4.78, 5) is 31.0. The summed E-state index contributed by atoms with van der Waals surface area (Å²) >= 11 is 0. The number of piperazine rings is 1. The minimum Gasteiger partial charge on any atom is -0.324 e. The Labute approximate surface area is 218 Å². The predicted molar refractivity (Wildman–Crippen MR) is 148 cm³/mol. The highest BCUT2D eigenvalue weighted by atomic mass is 16.1. The molecule has 1 atom stereocenters. The molecule has 1 aliphatic heterocycles. The Morgan fingerprint density at radius 2 is 1.97 bits per heavy atom. The molecule has 1 aliphatic carbocycles. The molecule has 8 heteroatoms. The zero-order valence-corrected chi connectivity index (χ0v) is 21.4. The van der Waals surface area contributed by atoms with Crippen molar-refractivity contribution in [2.75, 3.05) is 50.4 Å². The van der Waals surface area contributed by atoms with Gasteiger partial charge in [-0.3, -0.25) is 9.78 Å². The highest BCUT2D eigenvalue weighted by molar-refractivity contribution is 6.06. The second-order valence-electron chi connectivity index (χ2n) is 9.73. The fraction of sp³-hybridized carbons (Fsp3) is 0.310. The molecule has 3 aromatic rings. The number of hydrogen-bond acceptors (Lipinski definition) is 7. The molecule has 3 heterocycles. The lowest BCUT2D eigenvalue weighted by molar-refractivity contribution is -0.112. The number of hydrogen-bond donors (Lipinski definition) is 2. The van der Waals surface area contributed by atoms with Crippen LogP contribution in [0.2, 0.25) is 0 Å². The van der Waals surface area contributed by atoms with Gasteiger partial charge in [-0.25, -0.2) is 9.97 Å². The third-order valence-corrected chi connectivity index (χ3v) is 6.89. The Morgan fingerprint density at radius 3 is 2.73 bits per heavy atom. The lowest BCUT2D eigenvalue weighted by atomic mass is 9.95. The summed E-state index contributed by atoms with van der Waals surface area (Å²) in [5, 5.41) is 6.33. The average molecular weight is 496 g/mol. The molecule has 190 valence electrons. The Bertz CT molecular complexity index is 1300. The summed E-state index contributed by atoms with van der Waals surface area (Å²) in [5.74, 6) is 0.841. The van der Waals surface area contributed by atoms with Crippen LogP contribution in [0.5, 0.6) is 0 Å². The topological polar surface area (TPSA) is 86.3 Å². The minimum atomic E-state index is -0.0982. The number of amides is 1. The van der Waals surface area contributed by atoms with Gasteiger partial charge in [0.25, 0.3) is 5.91 Å². The lowest BCUT2D eigenvalue weighted by Crippen LogP contribution is -2.46. The van der Waals surface area contributed by atoms with E-state index in [0.717, 1.165) is 67.3 Å². The number of nitrogens with zero attached hydrogens (tertiary/aromatic N) is 5. The quantitative estimate of drug-likeness (QED) is 0.506. The van der Waals surface area contributed by atoms with Crippen molar-refractivity contribution in [3.63, 3.8) is 0 Å². The van der Waals surface area contributed by atoms with Gasteiger partial charge in [0.2, 0.25) is 5.95 Å². The summed E-state index contributed by atoms with van der Waals surface area (Å²) in [6.45, 7) is 7.52. The maximum atomic E-state index is 13.0. The smallest absolute Gasteiger partial charge is 0.255 e. The van der Waals surface area contributed by atoms with Gasteiger partial charge in [-0.1, -0.05) is 24.3 Å². The van der Waals surface area contributed by atoms with E-state index in [9.17, 15) is 4.79 Å². The van der Waals surface area contributed by atoms with E-state index in [2.05, 4.69) is 54.6 Å². The number of allylic oxidation sites excluding steroid dienone is 1. The van der Waals surface area contributed by atoms with E-state index in [1.165, 1.54) is 0 Å². The standard InChI is InChI=1S/C29H33N7O/c1-21-5-10-25(18-27(21)34-29-31-13-11-26(33-29)24-4-3-12-30-19-24)32-28(37)23-8-6-22(7-9-23)20-36-16-14-35(2)15-17-36/h3-6,8-13,18-19,22H,7,14-17,20H2,1-2H3,(H,32,37)(H,31,33,34). The van der Waals surface area contributed by atoms with Crippen molar-refractivity contribution in [1.29, 1.82) is 0 Å². The molecule has 1 amide bonds. The highest BCUT2D eigenvalue weighted by Gasteiger charge is 2.19. The van der Waals surface area contributed by atoms with E-state index >= 15 is 0 Å². The molecule has 5 rings (SSSR count). The molecule has 2 aromatic heterocycles. The van der Waals surface area contributed by atoms with Crippen LogP contribution in [0.1, 0.15) is 12.0 Å². The van der Waals surface area contributed by atoms with Crippen LogP contribution in [-0.4, -0.2) is 70.4 Å².